The molecule has 4 rings (SSSR count). The molecule has 0 unspecified atom stereocenters. The summed E-state index contributed by atoms with van der Waals surface area (Å²) in [6.07, 6.45) is 1.32. The number of carboxylic acids is 1. The Bertz CT molecular complexity index is 1220. The Balaban J connectivity index is 1.85. The van der Waals surface area contributed by atoms with Crippen molar-refractivity contribution >= 4 is 17.1 Å². The number of hydrogen-bond acceptors (Lipinski definition) is 5. The predicted molar refractivity (Wildman–Crippen MR) is 105 cm³/mol. The number of nitrogens with zero attached hydrogens (tertiary/aromatic N) is 2. The van der Waals surface area contributed by atoms with Gasteiger partial charge in [-0.15, -0.1) is 0 Å². The van der Waals surface area contributed by atoms with Crippen molar-refractivity contribution in [3.05, 3.63) is 71.8 Å². The zero-order valence-corrected chi connectivity index (χ0v) is 15.7. The van der Waals surface area contributed by atoms with E-state index in [4.69, 9.17) is 9.52 Å². The van der Waals surface area contributed by atoms with Gasteiger partial charge in [0.25, 0.3) is 0 Å². The van der Waals surface area contributed by atoms with Gasteiger partial charge in [-0.05, 0) is 32.0 Å². The molecule has 0 bridgehead atoms. The third kappa shape index (κ3) is 3.36. The summed E-state index contributed by atoms with van der Waals surface area (Å²) in [6, 6.07) is 12.6. The molecule has 0 spiro atoms. The van der Waals surface area contributed by atoms with Gasteiger partial charge < -0.3 is 14.6 Å². The van der Waals surface area contributed by atoms with E-state index in [2.05, 4.69) is 9.97 Å². The molecule has 2 aromatic heterocycles. The first kappa shape index (κ1) is 18.8. The second-order valence-electron chi connectivity index (χ2n) is 7.16. The molecule has 0 amide bonds. The fourth-order valence-electron chi connectivity index (χ4n) is 3.15. The van der Waals surface area contributed by atoms with Crippen molar-refractivity contribution < 1.29 is 23.8 Å². The van der Waals surface area contributed by atoms with E-state index in [0.29, 0.717) is 22.4 Å². The van der Waals surface area contributed by atoms with Gasteiger partial charge in [0.2, 0.25) is 0 Å². The summed E-state index contributed by atoms with van der Waals surface area (Å²) in [4.78, 5) is 19.4. The SMILES string of the molecule is CC(C)(O)c1cccc(-c2ncnc3cc(-c4ccc(C(=O)O)cc4)oc23)c1F. The molecule has 0 aliphatic carbocycles. The van der Waals surface area contributed by atoms with Crippen LogP contribution >= 0.6 is 0 Å². The van der Waals surface area contributed by atoms with E-state index in [1.165, 1.54) is 38.4 Å². The number of halogens is 1. The monoisotopic (exact) mass is 392 g/mol. The molecule has 0 saturated carbocycles. The number of aromatic nitrogens is 2. The Morgan fingerprint density at radius 3 is 2.48 bits per heavy atom. The molecule has 0 radical (unpaired) electrons. The van der Waals surface area contributed by atoms with Crippen LogP contribution < -0.4 is 0 Å². The lowest BCUT2D eigenvalue weighted by molar-refractivity contribution is 0.0695. The summed E-state index contributed by atoms with van der Waals surface area (Å²) in [5.41, 5.74) is 0.869. The van der Waals surface area contributed by atoms with Crippen LogP contribution in [0.5, 0.6) is 0 Å². The summed E-state index contributed by atoms with van der Waals surface area (Å²) < 4.78 is 21.0. The summed E-state index contributed by atoms with van der Waals surface area (Å²) in [5.74, 6) is -1.14. The second kappa shape index (κ2) is 6.79. The van der Waals surface area contributed by atoms with Crippen LogP contribution in [0, 0.1) is 5.82 Å². The van der Waals surface area contributed by atoms with Gasteiger partial charge in [0.15, 0.2) is 5.58 Å². The van der Waals surface area contributed by atoms with Gasteiger partial charge in [-0.2, -0.15) is 0 Å². The highest BCUT2D eigenvalue weighted by Gasteiger charge is 2.24. The maximum atomic E-state index is 15.1. The molecule has 0 saturated heterocycles. The van der Waals surface area contributed by atoms with Gasteiger partial charge in [-0.1, -0.05) is 24.3 Å². The highest BCUT2D eigenvalue weighted by Crippen LogP contribution is 2.35. The van der Waals surface area contributed by atoms with E-state index < -0.39 is 17.4 Å². The maximum Gasteiger partial charge on any atom is 0.335 e. The summed E-state index contributed by atoms with van der Waals surface area (Å²) in [6.45, 7) is 3.02. The van der Waals surface area contributed by atoms with Crippen LogP contribution in [0.15, 0.2) is 59.3 Å². The average molecular weight is 392 g/mol. The molecule has 0 fully saturated rings. The molecule has 2 aromatic carbocycles. The van der Waals surface area contributed by atoms with Crippen molar-refractivity contribution in [3.63, 3.8) is 0 Å². The van der Waals surface area contributed by atoms with Crippen LogP contribution in [0.2, 0.25) is 0 Å². The van der Waals surface area contributed by atoms with Crippen molar-refractivity contribution in [2.24, 2.45) is 0 Å². The molecule has 0 atom stereocenters. The van der Waals surface area contributed by atoms with E-state index in [-0.39, 0.29) is 22.4 Å². The van der Waals surface area contributed by atoms with Crippen LogP contribution in [-0.2, 0) is 5.60 Å². The molecular formula is C22H17FN2O4. The normalized spacial score (nSPS) is 11.7. The molecule has 0 aliphatic rings. The lowest BCUT2D eigenvalue weighted by Crippen LogP contribution is -2.18. The molecule has 4 aromatic rings. The van der Waals surface area contributed by atoms with Crippen LogP contribution in [0.1, 0.15) is 29.8 Å². The molecular weight excluding hydrogens is 375 g/mol. The Morgan fingerprint density at radius 2 is 1.83 bits per heavy atom. The Kier molecular flexibility index (Phi) is 4.39. The zero-order valence-electron chi connectivity index (χ0n) is 15.7. The lowest BCUT2D eigenvalue weighted by atomic mass is 9.94. The fraction of sp³-hybridized carbons (Fsp3) is 0.136. The van der Waals surface area contributed by atoms with Crippen molar-refractivity contribution in [2.75, 3.05) is 0 Å². The van der Waals surface area contributed by atoms with Gasteiger partial charge in [-0.3, -0.25) is 0 Å². The van der Waals surface area contributed by atoms with Crippen LogP contribution in [0.25, 0.3) is 33.7 Å². The van der Waals surface area contributed by atoms with Crippen molar-refractivity contribution in [2.45, 2.75) is 19.4 Å². The lowest BCUT2D eigenvalue weighted by Gasteiger charge is -2.19. The number of benzene rings is 2. The van der Waals surface area contributed by atoms with E-state index in [1.54, 1.807) is 30.3 Å². The fourth-order valence-corrected chi connectivity index (χ4v) is 3.15. The number of aliphatic hydroxyl groups is 1. The number of hydrogen-bond donors (Lipinski definition) is 2. The van der Waals surface area contributed by atoms with Gasteiger partial charge in [0.05, 0.1) is 11.2 Å². The first-order valence-electron chi connectivity index (χ1n) is 8.85. The quantitative estimate of drug-likeness (QED) is 0.526. The van der Waals surface area contributed by atoms with Crippen molar-refractivity contribution in [1.82, 2.24) is 9.97 Å². The Morgan fingerprint density at radius 1 is 1.10 bits per heavy atom. The highest BCUT2D eigenvalue weighted by atomic mass is 19.1. The summed E-state index contributed by atoms with van der Waals surface area (Å²) in [7, 11) is 0. The predicted octanol–water partition coefficient (Wildman–Crippen LogP) is 4.62. The maximum absolute atomic E-state index is 15.1. The zero-order chi connectivity index (χ0) is 20.8. The number of rotatable bonds is 4. The second-order valence-corrected chi connectivity index (χ2v) is 7.16. The molecule has 29 heavy (non-hydrogen) atoms. The van der Waals surface area contributed by atoms with Gasteiger partial charge in [-0.25, -0.2) is 19.2 Å². The van der Waals surface area contributed by atoms with Crippen molar-refractivity contribution in [3.8, 4) is 22.6 Å². The summed E-state index contributed by atoms with van der Waals surface area (Å²) >= 11 is 0. The van der Waals surface area contributed by atoms with Crippen LogP contribution in [-0.4, -0.2) is 26.2 Å². The smallest absolute Gasteiger partial charge is 0.335 e. The van der Waals surface area contributed by atoms with E-state index in [1.807, 2.05) is 0 Å². The van der Waals surface area contributed by atoms with Gasteiger partial charge in [0, 0.05) is 22.8 Å². The minimum Gasteiger partial charge on any atom is -0.478 e. The molecule has 146 valence electrons. The number of carboxylic acid groups (broad SMARTS) is 1. The number of fused-ring (bicyclic) bond motifs is 1. The molecule has 2 heterocycles. The highest BCUT2D eigenvalue weighted by molar-refractivity contribution is 5.91. The first-order chi connectivity index (χ1) is 13.8. The van der Waals surface area contributed by atoms with Gasteiger partial charge >= 0.3 is 5.97 Å². The number of aromatic carboxylic acids is 1. The van der Waals surface area contributed by atoms with E-state index in [0.717, 1.165) is 0 Å². The topological polar surface area (TPSA) is 96.5 Å². The molecule has 7 heteroatoms. The average Bonchev–Trinajstić information content (AvgIpc) is 3.12. The minimum atomic E-state index is -1.35. The van der Waals surface area contributed by atoms with Crippen LogP contribution in [0.4, 0.5) is 4.39 Å². The first-order valence-corrected chi connectivity index (χ1v) is 8.85. The summed E-state index contributed by atoms with van der Waals surface area (Å²) in [5, 5.41) is 19.3. The van der Waals surface area contributed by atoms with Gasteiger partial charge in [0.1, 0.15) is 29.1 Å². The Hall–Kier alpha value is -3.58. The van der Waals surface area contributed by atoms with E-state index in [9.17, 15) is 9.90 Å². The van der Waals surface area contributed by atoms with Crippen LogP contribution in [0.3, 0.4) is 0 Å². The third-order valence-electron chi connectivity index (χ3n) is 4.64. The van der Waals surface area contributed by atoms with Crippen molar-refractivity contribution in [1.29, 1.82) is 0 Å². The largest absolute Gasteiger partial charge is 0.478 e. The Labute approximate surface area is 165 Å². The molecule has 0 aliphatic heterocycles. The number of furan rings is 1. The number of carbonyl (C=O) groups is 1. The minimum absolute atomic E-state index is 0.151. The molecule has 2 N–H and O–H groups in total. The van der Waals surface area contributed by atoms with E-state index >= 15 is 4.39 Å². The molecule has 6 nitrogen and oxygen atoms in total. The third-order valence-corrected chi connectivity index (χ3v) is 4.64. The standard InChI is InChI=1S/C22H17FN2O4/c1-22(2,28)15-5-3-4-14(18(15)23)19-20-16(24-11-25-19)10-17(29-20)12-6-8-13(9-7-12)21(26)27/h3-11,28H,1-2H3,(H,26,27).